The Morgan fingerprint density at radius 3 is 2.78 bits per heavy atom. The van der Waals surface area contributed by atoms with Crippen LogP contribution in [-0.4, -0.2) is 57.7 Å². The lowest BCUT2D eigenvalue weighted by molar-refractivity contribution is -0.384. The fourth-order valence-electron chi connectivity index (χ4n) is 3.01. The van der Waals surface area contributed by atoms with Crippen LogP contribution in [0, 0.1) is 10.1 Å². The molecule has 9 heteroatoms. The summed E-state index contributed by atoms with van der Waals surface area (Å²) in [6.07, 6.45) is 2.09. The number of fused-ring (bicyclic) bond motifs is 1. The number of nitro benzene ring substituents is 1. The largest absolute Gasteiger partial charge is 0.444 e. The Balaban J connectivity index is 1.72. The SMILES string of the molecule is CN(c1cnc2cc([N+](=O)[O-])ccc2n1)[C@@H]1CCN(C(=O)OC(C)(C)C)C1. The summed E-state index contributed by atoms with van der Waals surface area (Å²) >= 11 is 0. The number of carbonyl (C=O) groups excluding carboxylic acids is 1. The van der Waals surface area contributed by atoms with E-state index in [4.69, 9.17) is 4.74 Å². The van der Waals surface area contributed by atoms with Gasteiger partial charge in [-0.25, -0.2) is 9.78 Å². The van der Waals surface area contributed by atoms with Crippen molar-refractivity contribution in [1.82, 2.24) is 14.9 Å². The maximum Gasteiger partial charge on any atom is 0.410 e. The predicted molar refractivity (Wildman–Crippen MR) is 101 cm³/mol. The molecule has 27 heavy (non-hydrogen) atoms. The first-order valence-electron chi connectivity index (χ1n) is 8.76. The fourth-order valence-corrected chi connectivity index (χ4v) is 3.01. The maximum atomic E-state index is 12.2. The molecule has 1 atom stereocenters. The third-order valence-electron chi connectivity index (χ3n) is 4.45. The Bertz CT molecular complexity index is 880. The van der Waals surface area contributed by atoms with Gasteiger partial charge in [0.25, 0.3) is 5.69 Å². The Hall–Kier alpha value is -2.97. The molecule has 1 saturated heterocycles. The van der Waals surface area contributed by atoms with E-state index in [2.05, 4.69) is 9.97 Å². The van der Waals surface area contributed by atoms with Crippen LogP contribution in [0.4, 0.5) is 16.3 Å². The second kappa shape index (κ2) is 6.98. The minimum atomic E-state index is -0.520. The van der Waals surface area contributed by atoms with E-state index in [1.807, 2.05) is 32.7 Å². The lowest BCUT2D eigenvalue weighted by Crippen LogP contribution is -2.39. The van der Waals surface area contributed by atoms with E-state index in [0.717, 1.165) is 6.42 Å². The highest BCUT2D eigenvalue weighted by Gasteiger charge is 2.32. The molecule has 2 aromatic rings. The van der Waals surface area contributed by atoms with Gasteiger partial charge in [-0.15, -0.1) is 0 Å². The van der Waals surface area contributed by atoms with Crippen molar-refractivity contribution in [1.29, 1.82) is 0 Å². The summed E-state index contributed by atoms with van der Waals surface area (Å²) in [4.78, 5) is 35.2. The second-order valence-electron chi connectivity index (χ2n) is 7.64. The molecule has 1 amide bonds. The van der Waals surface area contributed by atoms with Gasteiger partial charge in [0, 0.05) is 38.3 Å². The van der Waals surface area contributed by atoms with Crippen LogP contribution < -0.4 is 4.90 Å². The molecule has 0 radical (unpaired) electrons. The molecule has 0 N–H and O–H groups in total. The third-order valence-corrected chi connectivity index (χ3v) is 4.45. The van der Waals surface area contributed by atoms with E-state index < -0.39 is 10.5 Å². The van der Waals surface area contributed by atoms with E-state index in [1.165, 1.54) is 12.1 Å². The van der Waals surface area contributed by atoms with Crippen LogP contribution >= 0.6 is 0 Å². The summed E-state index contributed by atoms with van der Waals surface area (Å²) in [6, 6.07) is 4.52. The summed E-state index contributed by atoms with van der Waals surface area (Å²) in [7, 11) is 1.91. The van der Waals surface area contributed by atoms with Crippen molar-refractivity contribution in [3.8, 4) is 0 Å². The van der Waals surface area contributed by atoms with Gasteiger partial charge in [-0.2, -0.15) is 0 Å². The molecule has 2 heterocycles. The number of ether oxygens (including phenoxy) is 1. The third kappa shape index (κ3) is 4.24. The zero-order valence-electron chi connectivity index (χ0n) is 15.9. The first kappa shape index (κ1) is 18.8. The number of non-ortho nitro benzene ring substituents is 1. The smallest absolute Gasteiger partial charge is 0.410 e. The Morgan fingerprint density at radius 1 is 1.37 bits per heavy atom. The van der Waals surface area contributed by atoms with Gasteiger partial charge in [-0.1, -0.05) is 0 Å². The minimum absolute atomic E-state index is 0.0123. The van der Waals surface area contributed by atoms with Crippen LogP contribution in [-0.2, 0) is 4.74 Å². The molecule has 0 spiro atoms. The predicted octanol–water partition coefficient (Wildman–Crippen LogP) is 2.98. The molecular formula is C18H23N5O4. The van der Waals surface area contributed by atoms with Crippen molar-refractivity contribution >= 4 is 28.6 Å². The number of likely N-dealkylation sites (tertiary alicyclic amines) is 1. The second-order valence-corrected chi connectivity index (χ2v) is 7.64. The Morgan fingerprint density at radius 2 is 2.11 bits per heavy atom. The number of nitrogens with zero attached hydrogens (tertiary/aromatic N) is 5. The number of carbonyl (C=O) groups is 1. The van der Waals surface area contributed by atoms with Gasteiger partial charge in [-0.05, 0) is 33.3 Å². The molecule has 0 bridgehead atoms. The number of amides is 1. The van der Waals surface area contributed by atoms with Crippen LogP contribution in [0.2, 0.25) is 0 Å². The molecule has 0 unspecified atom stereocenters. The highest BCUT2D eigenvalue weighted by Crippen LogP contribution is 2.24. The average Bonchev–Trinajstić information content (AvgIpc) is 3.09. The molecule has 9 nitrogen and oxygen atoms in total. The molecule has 1 aliphatic heterocycles. The van der Waals surface area contributed by atoms with Crippen LogP contribution in [0.15, 0.2) is 24.4 Å². The zero-order chi connectivity index (χ0) is 19.8. The molecular weight excluding hydrogens is 350 g/mol. The molecule has 3 rings (SSSR count). The number of anilines is 1. The molecule has 0 saturated carbocycles. The van der Waals surface area contributed by atoms with Crippen molar-refractivity contribution in [2.24, 2.45) is 0 Å². The number of likely N-dealkylation sites (N-methyl/N-ethyl adjacent to an activating group) is 1. The highest BCUT2D eigenvalue weighted by atomic mass is 16.6. The first-order valence-corrected chi connectivity index (χ1v) is 8.76. The monoisotopic (exact) mass is 373 g/mol. The number of hydrogen-bond acceptors (Lipinski definition) is 7. The van der Waals surface area contributed by atoms with Gasteiger partial charge in [0.1, 0.15) is 11.4 Å². The first-order chi connectivity index (χ1) is 12.6. The lowest BCUT2D eigenvalue weighted by Gasteiger charge is -2.27. The van der Waals surface area contributed by atoms with Gasteiger partial charge in [-0.3, -0.25) is 15.1 Å². The number of aromatic nitrogens is 2. The maximum absolute atomic E-state index is 12.2. The van der Waals surface area contributed by atoms with Crippen LogP contribution in [0.3, 0.4) is 0 Å². The molecule has 1 fully saturated rings. The Kier molecular flexibility index (Phi) is 4.86. The van der Waals surface area contributed by atoms with Gasteiger partial charge < -0.3 is 14.5 Å². The quantitative estimate of drug-likeness (QED) is 0.602. The van der Waals surface area contributed by atoms with Crippen LogP contribution in [0.5, 0.6) is 0 Å². The highest BCUT2D eigenvalue weighted by molar-refractivity contribution is 5.78. The van der Waals surface area contributed by atoms with Crippen molar-refractivity contribution in [2.45, 2.75) is 38.8 Å². The van der Waals surface area contributed by atoms with E-state index in [9.17, 15) is 14.9 Å². The van der Waals surface area contributed by atoms with Gasteiger partial charge in [0.15, 0.2) is 0 Å². The van der Waals surface area contributed by atoms with E-state index >= 15 is 0 Å². The van der Waals surface area contributed by atoms with Crippen molar-refractivity contribution < 1.29 is 14.5 Å². The van der Waals surface area contributed by atoms with Crippen LogP contribution in [0.1, 0.15) is 27.2 Å². The zero-order valence-corrected chi connectivity index (χ0v) is 15.9. The number of nitro groups is 1. The summed E-state index contributed by atoms with van der Waals surface area (Å²) < 4.78 is 5.43. The van der Waals surface area contributed by atoms with E-state index in [1.54, 1.807) is 17.2 Å². The van der Waals surface area contributed by atoms with Gasteiger partial charge in [0.2, 0.25) is 0 Å². The number of benzene rings is 1. The lowest BCUT2D eigenvalue weighted by atomic mass is 10.2. The summed E-state index contributed by atoms with van der Waals surface area (Å²) in [5, 5.41) is 10.9. The van der Waals surface area contributed by atoms with Crippen molar-refractivity contribution in [3.63, 3.8) is 0 Å². The average molecular weight is 373 g/mol. The van der Waals surface area contributed by atoms with Crippen molar-refractivity contribution in [3.05, 3.63) is 34.5 Å². The standard InChI is InChI=1S/C18H23N5O4/c1-18(2,3)27-17(24)22-8-7-13(11-22)21(4)16-10-19-15-9-12(23(25)26)5-6-14(15)20-16/h5-6,9-10,13H,7-8,11H2,1-4H3/t13-/m1/s1. The van der Waals surface area contributed by atoms with Gasteiger partial charge >= 0.3 is 6.09 Å². The molecule has 144 valence electrons. The topological polar surface area (TPSA) is 102 Å². The Labute approximate surface area is 157 Å². The van der Waals surface area contributed by atoms with Gasteiger partial charge in [0.05, 0.1) is 22.2 Å². The van der Waals surface area contributed by atoms with Crippen LogP contribution in [0.25, 0.3) is 11.0 Å². The fraction of sp³-hybridized carbons (Fsp3) is 0.500. The molecule has 1 aliphatic rings. The molecule has 0 aliphatic carbocycles. The summed E-state index contributed by atoms with van der Waals surface area (Å²) in [5.41, 5.74) is 0.532. The molecule has 1 aromatic carbocycles. The van der Waals surface area contributed by atoms with E-state index in [0.29, 0.717) is 29.9 Å². The molecule has 1 aromatic heterocycles. The number of rotatable bonds is 3. The summed E-state index contributed by atoms with van der Waals surface area (Å²) in [6.45, 7) is 6.71. The normalized spacial score (nSPS) is 17.2. The summed E-state index contributed by atoms with van der Waals surface area (Å²) in [5.74, 6) is 0.660. The van der Waals surface area contributed by atoms with Crippen molar-refractivity contribution in [2.75, 3.05) is 25.0 Å². The number of hydrogen-bond donors (Lipinski definition) is 0. The van der Waals surface area contributed by atoms with E-state index in [-0.39, 0.29) is 17.8 Å². The minimum Gasteiger partial charge on any atom is -0.444 e.